The molecule has 2 atom stereocenters. The van der Waals surface area contributed by atoms with E-state index in [2.05, 4.69) is 4.99 Å². The zero-order valence-electron chi connectivity index (χ0n) is 6.93. The quantitative estimate of drug-likeness (QED) is 0.589. The van der Waals surface area contributed by atoms with Gasteiger partial charge < -0.3 is 9.47 Å². The molecule has 2 aliphatic heterocycles. The van der Waals surface area contributed by atoms with Gasteiger partial charge in [-0.2, -0.15) is 0 Å². The summed E-state index contributed by atoms with van der Waals surface area (Å²) in [7, 11) is 0. The van der Waals surface area contributed by atoms with Gasteiger partial charge in [0.1, 0.15) is 6.10 Å². The molecule has 0 amide bonds. The molecule has 2 aliphatic rings. The van der Waals surface area contributed by atoms with Crippen LogP contribution in [0.5, 0.6) is 0 Å². The zero-order chi connectivity index (χ0) is 8.39. The summed E-state index contributed by atoms with van der Waals surface area (Å²) in [5.41, 5.74) is 0. The van der Waals surface area contributed by atoms with Crippen LogP contribution in [0.25, 0.3) is 0 Å². The maximum absolute atomic E-state index is 5.36. The fraction of sp³-hybridized carbons (Fsp3) is 0.444. The average molecular weight is 165 g/mol. The van der Waals surface area contributed by atoms with E-state index < -0.39 is 0 Å². The summed E-state index contributed by atoms with van der Waals surface area (Å²) < 4.78 is 10.7. The molecule has 2 heterocycles. The Balaban J connectivity index is 2.15. The van der Waals surface area contributed by atoms with E-state index >= 15 is 0 Å². The van der Waals surface area contributed by atoms with Crippen molar-refractivity contribution in [2.75, 3.05) is 6.61 Å². The molecule has 0 aromatic carbocycles. The summed E-state index contributed by atoms with van der Waals surface area (Å²) in [5.74, 6) is 0.952. The molecule has 0 radical (unpaired) electrons. The minimum Gasteiger partial charge on any atom is -0.493 e. The number of aliphatic imine (C=N–C) groups is 1. The average Bonchev–Trinajstić information content (AvgIpc) is 2.53. The summed E-state index contributed by atoms with van der Waals surface area (Å²) in [5, 5.41) is 0. The smallest absolute Gasteiger partial charge is 0.199 e. The second kappa shape index (κ2) is 3.01. The highest BCUT2D eigenvalue weighted by atomic mass is 16.5. The summed E-state index contributed by atoms with van der Waals surface area (Å²) >= 11 is 0. The molecule has 0 saturated carbocycles. The Labute approximate surface area is 71.4 Å². The zero-order valence-corrected chi connectivity index (χ0v) is 6.93. The molecular weight excluding hydrogens is 154 g/mol. The van der Waals surface area contributed by atoms with Crippen LogP contribution in [0.1, 0.15) is 6.92 Å². The standard InChI is InChI=1S/C9H11NO2/c1-2-11-9-7-4-6-12-8(7)3-5-10-9/h3-8H,2H2,1H3. The molecule has 2 rings (SSSR count). The van der Waals surface area contributed by atoms with Crippen molar-refractivity contribution in [2.45, 2.75) is 13.0 Å². The highest BCUT2D eigenvalue weighted by molar-refractivity contribution is 5.83. The molecule has 0 saturated heterocycles. The van der Waals surface area contributed by atoms with E-state index in [1.165, 1.54) is 0 Å². The molecule has 0 spiro atoms. The third-order valence-corrected chi connectivity index (χ3v) is 1.93. The summed E-state index contributed by atoms with van der Waals surface area (Å²) in [6, 6.07) is 0. The largest absolute Gasteiger partial charge is 0.493 e. The Morgan fingerprint density at radius 3 is 3.33 bits per heavy atom. The van der Waals surface area contributed by atoms with Gasteiger partial charge in [0.25, 0.3) is 0 Å². The highest BCUT2D eigenvalue weighted by Gasteiger charge is 2.30. The molecule has 0 aromatic heterocycles. The molecule has 0 aliphatic carbocycles. The second-order valence-corrected chi connectivity index (χ2v) is 2.70. The van der Waals surface area contributed by atoms with Crippen LogP contribution in [0.15, 0.2) is 29.6 Å². The van der Waals surface area contributed by atoms with Crippen molar-refractivity contribution in [3.63, 3.8) is 0 Å². The van der Waals surface area contributed by atoms with E-state index in [9.17, 15) is 0 Å². The van der Waals surface area contributed by atoms with E-state index in [0.717, 1.165) is 5.90 Å². The molecule has 2 unspecified atom stereocenters. The summed E-state index contributed by atoms with van der Waals surface area (Å²) in [6.45, 7) is 2.61. The van der Waals surface area contributed by atoms with Crippen LogP contribution in [0, 0.1) is 5.92 Å². The van der Waals surface area contributed by atoms with Crippen LogP contribution in [-0.2, 0) is 9.47 Å². The van der Waals surface area contributed by atoms with Crippen molar-refractivity contribution in [2.24, 2.45) is 10.9 Å². The lowest BCUT2D eigenvalue weighted by atomic mass is 10.0. The Morgan fingerprint density at radius 2 is 2.50 bits per heavy atom. The van der Waals surface area contributed by atoms with Crippen molar-refractivity contribution in [1.82, 2.24) is 0 Å². The van der Waals surface area contributed by atoms with E-state index in [4.69, 9.17) is 9.47 Å². The van der Waals surface area contributed by atoms with Crippen LogP contribution in [-0.4, -0.2) is 18.6 Å². The van der Waals surface area contributed by atoms with Gasteiger partial charge in [-0.15, -0.1) is 0 Å². The van der Waals surface area contributed by atoms with E-state index in [1.807, 2.05) is 19.1 Å². The molecule has 0 N–H and O–H groups in total. The topological polar surface area (TPSA) is 30.8 Å². The lowest BCUT2D eigenvalue weighted by Crippen LogP contribution is -2.27. The van der Waals surface area contributed by atoms with Gasteiger partial charge in [0.05, 0.1) is 18.8 Å². The van der Waals surface area contributed by atoms with E-state index in [-0.39, 0.29) is 12.0 Å². The van der Waals surface area contributed by atoms with Crippen molar-refractivity contribution in [3.05, 3.63) is 24.6 Å². The number of hydrogen-bond acceptors (Lipinski definition) is 3. The van der Waals surface area contributed by atoms with Gasteiger partial charge in [0.15, 0.2) is 5.90 Å². The number of rotatable bonds is 1. The molecule has 0 aromatic rings. The first-order valence-corrected chi connectivity index (χ1v) is 4.11. The summed E-state index contributed by atoms with van der Waals surface area (Å²) in [6.07, 6.45) is 7.46. The first-order valence-electron chi connectivity index (χ1n) is 4.11. The Morgan fingerprint density at radius 1 is 1.58 bits per heavy atom. The normalized spacial score (nSPS) is 30.9. The minimum absolute atomic E-state index is 0.101. The van der Waals surface area contributed by atoms with Gasteiger partial charge >= 0.3 is 0 Å². The van der Waals surface area contributed by atoms with Crippen LogP contribution in [0.3, 0.4) is 0 Å². The van der Waals surface area contributed by atoms with Crippen LogP contribution < -0.4 is 0 Å². The minimum atomic E-state index is 0.101. The number of nitrogens with zero attached hydrogens (tertiary/aromatic N) is 1. The van der Waals surface area contributed by atoms with Gasteiger partial charge in [0.2, 0.25) is 0 Å². The van der Waals surface area contributed by atoms with Crippen molar-refractivity contribution >= 4 is 5.90 Å². The lowest BCUT2D eigenvalue weighted by molar-refractivity contribution is 0.181. The molecule has 64 valence electrons. The molecular formula is C9H11NO2. The van der Waals surface area contributed by atoms with Crippen molar-refractivity contribution in [3.8, 4) is 0 Å². The van der Waals surface area contributed by atoms with E-state index in [0.29, 0.717) is 6.61 Å². The van der Waals surface area contributed by atoms with Crippen molar-refractivity contribution < 1.29 is 9.47 Å². The van der Waals surface area contributed by atoms with Crippen molar-refractivity contribution in [1.29, 1.82) is 0 Å². The number of fused-ring (bicyclic) bond motifs is 1. The van der Waals surface area contributed by atoms with Gasteiger partial charge in [-0.1, -0.05) is 0 Å². The fourth-order valence-electron chi connectivity index (χ4n) is 1.37. The first-order chi connectivity index (χ1) is 5.92. The third kappa shape index (κ3) is 1.11. The number of hydrogen-bond donors (Lipinski definition) is 0. The van der Waals surface area contributed by atoms with Crippen LogP contribution >= 0.6 is 0 Å². The highest BCUT2D eigenvalue weighted by Crippen LogP contribution is 2.24. The molecule has 3 heteroatoms. The predicted molar refractivity (Wildman–Crippen MR) is 45.7 cm³/mol. The molecule has 0 bridgehead atoms. The summed E-state index contributed by atoms with van der Waals surface area (Å²) in [4.78, 5) is 4.14. The third-order valence-electron chi connectivity index (χ3n) is 1.93. The monoisotopic (exact) mass is 165 g/mol. The predicted octanol–water partition coefficient (Wildman–Crippen LogP) is 1.48. The maximum Gasteiger partial charge on any atom is 0.199 e. The Hall–Kier alpha value is -1.25. The molecule has 12 heavy (non-hydrogen) atoms. The lowest BCUT2D eigenvalue weighted by Gasteiger charge is -2.19. The van der Waals surface area contributed by atoms with Crippen LogP contribution in [0.2, 0.25) is 0 Å². The van der Waals surface area contributed by atoms with Gasteiger partial charge in [-0.3, -0.25) is 0 Å². The Bertz CT molecular complexity index is 255. The van der Waals surface area contributed by atoms with Crippen LogP contribution in [0.4, 0.5) is 0 Å². The van der Waals surface area contributed by atoms with Gasteiger partial charge in [0, 0.05) is 6.20 Å². The van der Waals surface area contributed by atoms with Gasteiger partial charge in [-0.25, -0.2) is 4.99 Å². The number of ether oxygens (including phenoxy) is 2. The van der Waals surface area contributed by atoms with E-state index in [1.54, 1.807) is 12.5 Å². The molecule has 3 nitrogen and oxygen atoms in total. The first kappa shape index (κ1) is 7.40. The Kier molecular flexibility index (Phi) is 1.86. The maximum atomic E-state index is 5.36. The fourth-order valence-corrected chi connectivity index (χ4v) is 1.37. The van der Waals surface area contributed by atoms with Gasteiger partial charge in [-0.05, 0) is 19.1 Å². The second-order valence-electron chi connectivity index (χ2n) is 2.70. The SMILES string of the molecule is CCOC1=NC=CC2OC=CC12. The molecule has 0 fully saturated rings.